The Bertz CT molecular complexity index is 378. The van der Waals surface area contributed by atoms with Crippen molar-refractivity contribution >= 4 is 17.2 Å². The number of terminal acetylenes is 1. The lowest BCUT2D eigenvalue weighted by Gasteiger charge is -1.99. The third-order valence-electron chi connectivity index (χ3n) is 1.70. The molecule has 0 fully saturated rings. The van der Waals surface area contributed by atoms with Crippen molar-refractivity contribution < 1.29 is 4.79 Å². The highest BCUT2D eigenvalue weighted by Gasteiger charge is 2.11. The number of amides is 1. The maximum atomic E-state index is 11.5. The van der Waals surface area contributed by atoms with Crippen LogP contribution in [0.25, 0.3) is 0 Å². The SMILES string of the molecule is C#CCCNC(=O)c1csc(C(C)N)n1. The van der Waals surface area contributed by atoms with Gasteiger partial charge in [-0.15, -0.1) is 23.7 Å². The molecule has 80 valence electrons. The topological polar surface area (TPSA) is 68.0 Å². The van der Waals surface area contributed by atoms with Gasteiger partial charge >= 0.3 is 0 Å². The summed E-state index contributed by atoms with van der Waals surface area (Å²) in [4.78, 5) is 15.6. The Labute approximate surface area is 92.9 Å². The van der Waals surface area contributed by atoms with E-state index in [2.05, 4.69) is 16.2 Å². The van der Waals surface area contributed by atoms with Crippen LogP contribution in [-0.4, -0.2) is 17.4 Å². The van der Waals surface area contributed by atoms with Gasteiger partial charge in [-0.3, -0.25) is 4.79 Å². The van der Waals surface area contributed by atoms with Crippen LogP contribution in [0.5, 0.6) is 0 Å². The number of aromatic nitrogens is 1. The molecule has 1 unspecified atom stereocenters. The number of nitrogens with zero attached hydrogens (tertiary/aromatic N) is 1. The van der Waals surface area contributed by atoms with Crippen LogP contribution in [0.4, 0.5) is 0 Å². The van der Waals surface area contributed by atoms with Crippen LogP contribution in [0.15, 0.2) is 5.38 Å². The summed E-state index contributed by atoms with van der Waals surface area (Å²) in [7, 11) is 0. The highest BCUT2D eigenvalue weighted by Crippen LogP contribution is 2.15. The Morgan fingerprint density at radius 1 is 1.87 bits per heavy atom. The third-order valence-corrected chi connectivity index (χ3v) is 2.74. The second-order valence-corrected chi connectivity index (χ2v) is 3.96. The van der Waals surface area contributed by atoms with E-state index in [0.29, 0.717) is 18.7 Å². The molecular weight excluding hydrogens is 210 g/mol. The maximum Gasteiger partial charge on any atom is 0.270 e. The molecule has 0 radical (unpaired) electrons. The first-order chi connectivity index (χ1) is 7.15. The van der Waals surface area contributed by atoms with Crippen molar-refractivity contribution in [2.24, 2.45) is 5.73 Å². The molecule has 5 heteroatoms. The predicted molar refractivity (Wildman–Crippen MR) is 60.5 cm³/mol. The first kappa shape index (κ1) is 11.7. The molecule has 1 heterocycles. The zero-order valence-corrected chi connectivity index (χ0v) is 9.30. The van der Waals surface area contributed by atoms with Gasteiger partial charge in [-0.25, -0.2) is 4.98 Å². The van der Waals surface area contributed by atoms with Gasteiger partial charge in [0.2, 0.25) is 0 Å². The summed E-state index contributed by atoms with van der Waals surface area (Å²) < 4.78 is 0. The molecule has 1 aromatic heterocycles. The number of carbonyl (C=O) groups excluding carboxylic acids is 1. The molecular formula is C10H13N3OS. The average Bonchev–Trinajstić information content (AvgIpc) is 2.66. The Hall–Kier alpha value is -1.38. The van der Waals surface area contributed by atoms with Gasteiger partial charge in [-0.2, -0.15) is 0 Å². The zero-order chi connectivity index (χ0) is 11.3. The Morgan fingerprint density at radius 3 is 3.13 bits per heavy atom. The van der Waals surface area contributed by atoms with Crippen molar-refractivity contribution in [3.05, 3.63) is 16.1 Å². The Morgan fingerprint density at radius 2 is 2.60 bits per heavy atom. The number of thiazole rings is 1. The molecule has 4 nitrogen and oxygen atoms in total. The predicted octanol–water partition coefficient (Wildman–Crippen LogP) is 0.916. The van der Waals surface area contributed by atoms with Crippen molar-refractivity contribution in [2.75, 3.05) is 6.54 Å². The average molecular weight is 223 g/mol. The lowest BCUT2D eigenvalue weighted by Crippen LogP contribution is -2.24. The minimum absolute atomic E-state index is 0.137. The fourth-order valence-electron chi connectivity index (χ4n) is 0.940. The van der Waals surface area contributed by atoms with Crippen molar-refractivity contribution in [3.63, 3.8) is 0 Å². The highest BCUT2D eigenvalue weighted by molar-refractivity contribution is 7.09. The molecule has 1 rings (SSSR count). The molecule has 1 aromatic rings. The zero-order valence-electron chi connectivity index (χ0n) is 8.49. The van der Waals surface area contributed by atoms with Gasteiger partial charge in [-0.05, 0) is 6.92 Å². The van der Waals surface area contributed by atoms with E-state index in [1.807, 2.05) is 6.92 Å². The quantitative estimate of drug-likeness (QED) is 0.589. The number of nitrogens with one attached hydrogen (secondary N) is 1. The summed E-state index contributed by atoms with van der Waals surface area (Å²) in [6.07, 6.45) is 5.59. The standard InChI is InChI=1S/C10H13N3OS/c1-3-4-5-12-9(14)8-6-15-10(13-8)7(2)11/h1,6-7H,4-5,11H2,2H3,(H,12,14). The molecule has 15 heavy (non-hydrogen) atoms. The number of nitrogens with two attached hydrogens (primary N) is 1. The monoisotopic (exact) mass is 223 g/mol. The van der Waals surface area contributed by atoms with Crippen molar-refractivity contribution in [1.82, 2.24) is 10.3 Å². The van der Waals surface area contributed by atoms with Gasteiger partial charge < -0.3 is 11.1 Å². The molecule has 0 aromatic carbocycles. The molecule has 0 aliphatic heterocycles. The number of hydrogen-bond acceptors (Lipinski definition) is 4. The molecule has 0 saturated heterocycles. The van der Waals surface area contributed by atoms with E-state index in [1.54, 1.807) is 5.38 Å². The van der Waals surface area contributed by atoms with Crippen molar-refractivity contribution in [1.29, 1.82) is 0 Å². The molecule has 0 aliphatic rings. The minimum atomic E-state index is -0.201. The van der Waals surface area contributed by atoms with Crippen LogP contribution in [0.1, 0.15) is 34.9 Å². The lowest BCUT2D eigenvalue weighted by atomic mass is 10.4. The normalized spacial score (nSPS) is 11.8. The summed E-state index contributed by atoms with van der Waals surface area (Å²) in [6.45, 7) is 2.30. The third kappa shape index (κ3) is 3.35. The smallest absolute Gasteiger partial charge is 0.270 e. The van der Waals surface area contributed by atoms with E-state index in [1.165, 1.54) is 11.3 Å². The van der Waals surface area contributed by atoms with Gasteiger partial charge in [0.05, 0.1) is 6.04 Å². The summed E-state index contributed by atoms with van der Waals surface area (Å²) in [5.41, 5.74) is 6.05. The number of carbonyl (C=O) groups is 1. The molecule has 0 spiro atoms. The van der Waals surface area contributed by atoms with E-state index in [0.717, 1.165) is 5.01 Å². The van der Waals surface area contributed by atoms with Crippen LogP contribution < -0.4 is 11.1 Å². The van der Waals surface area contributed by atoms with E-state index >= 15 is 0 Å². The van der Waals surface area contributed by atoms with Gasteiger partial charge in [0, 0.05) is 18.3 Å². The molecule has 0 aliphatic carbocycles. The number of hydrogen-bond donors (Lipinski definition) is 2. The largest absolute Gasteiger partial charge is 0.350 e. The van der Waals surface area contributed by atoms with Gasteiger partial charge in [0.1, 0.15) is 10.7 Å². The fraction of sp³-hybridized carbons (Fsp3) is 0.400. The lowest BCUT2D eigenvalue weighted by molar-refractivity contribution is 0.0950. The van der Waals surface area contributed by atoms with E-state index in [4.69, 9.17) is 12.2 Å². The molecule has 0 saturated carbocycles. The van der Waals surface area contributed by atoms with Crippen LogP contribution >= 0.6 is 11.3 Å². The summed E-state index contributed by atoms with van der Waals surface area (Å²) in [5.74, 6) is 2.24. The first-order valence-corrected chi connectivity index (χ1v) is 5.45. The number of rotatable bonds is 4. The molecule has 1 amide bonds. The Balaban J connectivity index is 2.55. The van der Waals surface area contributed by atoms with Gasteiger partial charge in [0.25, 0.3) is 5.91 Å². The minimum Gasteiger partial charge on any atom is -0.350 e. The Kier molecular flexibility index (Phi) is 4.28. The van der Waals surface area contributed by atoms with Crippen molar-refractivity contribution in [2.45, 2.75) is 19.4 Å². The summed E-state index contributed by atoms with van der Waals surface area (Å²) in [6, 6.07) is -0.137. The van der Waals surface area contributed by atoms with Gasteiger partial charge in [0.15, 0.2) is 0 Å². The first-order valence-electron chi connectivity index (χ1n) is 4.57. The van der Waals surface area contributed by atoms with E-state index in [-0.39, 0.29) is 11.9 Å². The van der Waals surface area contributed by atoms with E-state index < -0.39 is 0 Å². The molecule has 0 bridgehead atoms. The van der Waals surface area contributed by atoms with Gasteiger partial charge in [-0.1, -0.05) is 0 Å². The summed E-state index contributed by atoms with van der Waals surface area (Å²) >= 11 is 1.39. The van der Waals surface area contributed by atoms with E-state index in [9.17, 15) is 4.79 Å². The fourth-order valence-corrected chi connectivity index (χ4v) is 1.70. The summed E-state index contributed by atoms with van der Waals surface area (Å²) in [5, 5.41) is 5.13. The van der Waals surface area contributed by atoms with Crippen LogP contribution in [0, 0.1) is 12.3 Å². The highest BCUT2D eigenvalue weighted by atomic mass is 32.1. The van der Waals surface area contributed by atoms with Crippen molar-refractivity contribution in [3.8, 4) is 12.3 Å². The molecule has 1 atom stereocenters. The second-order valence-electron chi connectivity index (χ2n) is 3.07. The molecule has 3 N–H and O–H groups in total. The van der Waals surface area contributed by atoms with Crippen LogP contribution in [0.2, 0.25) is 0 Å². The van der Waals surface area contributed by atoms with Crippen LogP contribution in [0.3, 0.4) is 0 Å². The second kappa shape index (κ2) is 5.49. The van der Waals surface area contributed by atoms with Crippen LogP contribution in [-0.2, 0) is 0 Å². The maximum absolute atomic E-state index is 11.5.